The van der Waals surface area contributed by atoms with Gasteiger partial charge in [-0.2, -0.15) is 0 Å². The van der Waals surface area contributed by atoms with Crippen LogP contribution in [-0.4, -0.2) is 58.1 Å². The average molecular weight is 264 g/mol. The monoisotopic (exact) mass is 264 g/mol. The van der Waals surface area contributed by atoms with Gasteiger partial charge in [0, 0.05) is 25.7 Å². The predicted molar refractivity (Wildman–Crippen MR) is 72.4 cm³/mol. The van der Waals surface area contributed by atoms with Gasteiger partial charge in [-0.25, -0.2) is 0 Å². The highest BCUT2D eigenvalue weighted by Gasteiger charge is 2.28. The van der Waals surface area contributed by atoms with E-state index in [2.05, 4.69) is 18.7 Å². The molecule has 0 aromatic heterocycles. The molecule has 0 aliphatic carbocycles. The fraction of sp³-hybridized carbons (Fsp3) is 0.500. The number of aromatic hydroxyl groups is 2. The maximum absolute atomic E-state index is 12.4. The van der Waals surface area contributed by atoms with Crippen LogP contribution in [0.1, 0.15) is 24.2 Å². The van der Waals surface area contributed by atoms with E-state index in [1.165, 1.54) is 18.2 Å². The van der Waals surface area contributed by atoms with E-state index in [-0.39, 0.29) is 29.0 Å². The van der Waals surface area contributed by atoms with Crippen molar-refractivity contribution in [2.24, 2.45) is 0 Å². The Labute approximate surface area is 113 Å². The van der Waals surface area contributed by atoms with Crippen molar-refractivity contribution in [2.45, 2.75) is 19.9 Å². The van der Waals surface area contributed by atoms with Crippen LogP contribution in [0.4, 0.5) is 0 Å². The Morgan fingerprint density at radius 3 is 2.47 bits per heavy atom. The second-order valence-corrected chi connectivity index (χ2v) is 4.90. The Bertz CT molecular complexity index is 456. The van der Waals surface area contributed by atoms with Crippen LogP contribution in [0.3, 0.4) is 0 Å². The largest absolute Gasteiger partial charge is 0.507 e. The Kier molecular flexibility index (Phi) is 3.95. The summed E-state index contributed by atoms with van der Waals surface area (Å²) in [5.41, 5.74) is -0.000325. The lowest BCUT2D eigenvalue weighted by Gasteiger charge is -2.39. The number of carbonyl (C=O) groups excluding carboxylic acids is 1. The van der Waals surface area contributed by atoms with E-state index >= 15 is 0 Å². The number of benzene rings is 1. The summed E-state index contributed by atoms with van der Waals surface area (Å²) in [6, 6.07) is 4.63. The second-order valence-electron chi connectivity index (χ2n) is 4.90. The number of amides is 1. The highest BCUT2D eigenvalue weighted by molar-refractivity contribution is 5.99. The van der Waals surface area contributed by atoms with Gasteiger partial charge in [-0.15, -0.1) is 0 Å². The van der Waals surface area contributed by atoms with Gasteiger partial charge in [0.15, 0.2) is 0 Å². The first-order valence-corrected chi connectivity index (χ1v) is 6.58. The van der Waals surface area contributed by atoms with Gasteiger partial charge in [0.25, 0.3) is 5.91 Å². The van der Waals surface area contributed by atoms with E-state index in [1.54, 1.807) is 4.90 Å². The minimum atomic E-state index is -0.307. The molecule has 0 saturated carbocycles. The molecule has 5 heteroatoms. The minimum Gasteiger partial charge on any atom is -0.507 e. The molecule has 0 spiro atoms. The van der Waals surface area contributed by atoms with Crippen LogP contribution in [0, 0.1) is 0 Å². The summed E-state index contributed by atoms with van der Waals surface area (Å²) < 4.78 is 0. The third kappa shape index (κ3) is 2.66. The summed E-state index contributed by atoms with van der Waals surface area (Å²) >= 11 is 0. The van der Waals surface area contributed by atoms with Crippen molar-refractivity contribution in [3.63, 3.8) is 0 Å². The second kappa shape index (κ2) is 5.48. The van der Waals surface area contributed by atoms with Gasteiger partial charge in [-0.3, -0.25) is 9.69 Å². The van der Waals surface area contributed by atoms with E-state index in [0.717, 1.165) is 13.1 Å². The SMILES string of the molecule is CCN1CCN(C(=O)c2c(O)cccc2O)CC1C. The van der Waals surface area contributed by atoms with E-state index in [1.807, 2.05) is 0 Å². The molecule has 2 rings (SSSR count). The molecule has 104 valence electrons. The molecular weight excluding hydrogens is 244 g/mol. The van der Waals surface area contributed by atoms with Gasteiger partial charge in [-0.05, 0) is 25.6 Å². The first-order valence-electron chi connectivity index (χ1n) is 6.58. The molecule has 0 bridgehead atoms. The molecule has 1 heterocycles. The molecule has 2 N–H and O–H groups in total. The number of piperazine rings is 1. The first kappa shape index (κ1) is 13.7. The third-order valence-electron chi connectivity index (χ3n) is 3.69. The fourth-order valence-corrected chi connectivity index (χ4v) is 2.56. The van der Waals surface area contributed by atoms with Crippen molar-refractivity contribution in [3.05, 3.63) is 23.8 Å². The Balaban J connectivity index is 2.17. The number of hydrogen-bond donors (Lipinski definition) is 2. The highest BCUT2D eigenvalue weighted by atomic mass is 16.3. The van der Waals surface area contributed by atoms with Crippen molar-refractivity contribution in [2.75, 3.05) is 26.2 Å². The Hall–Kier alpha value is -1.75. The van der Waals surface area contributed by atoms with Crippen molar-refractivity contribution in [1.82, 2.24) is 9.80 Å². The minimum absolute atomic E-state index is 0.000325. The van der Waals surface area contributed by atoms with Crippen LogP contribution in [-0.2, 0) is 0 Å². The quantitative estimate of drug-likeness (QED) is 0.844. The van der Waals surface area contributed by atoms with E-state index in [0.29, 0.717) is 13.1 Å². The molecule has 1 aliphatic heterocycles. The van der Waals surface area contributed by atoms with Crippen LogP contribution in [0.5, 0.6) is 11.5 Å². The first-order chi connectivity index (χ1) is 9.04. The molecular formula is C14H20N2O3. The summed E-state index contributed by atoms with van der Waals surface area (Å²) in [4.78, 5) is 16.4. The molecule has 1 amide bonds. The lowest BCUT2D eigenvalue weighted by molar-refractivity contribution is 0.0523. The molecule has 1 aliphatic rings. The number of likely N-dealkylation sites (N-methyl/N-ethyl adjacent to an activating group) is 1. The summed E-state index contributed by atoms with van der Waals surface area (Å²) in [6.07, 6.45) is 0. The number of hydrogen-bond acceptors (Lipinski definition) is 4. The molecule has 1 aromatic carbocycles. The molecule has 1 unspecified atom stereocenters. The summed E-state index contributed by atoms with van der Waals surface area (Å²) in [6.45, 7) is 7.19. The molecule has 0 radical (unpaired) electrons. The van der Waals surface area contributed by atoms with Crippen LogP contribution in [0.15, 0.2) is 18.2 Å². The molecule has 5 nitrogen and oxygen atoms in total. The summed E-state index contributed by atoms with van der Waals surface area (Å²) in [5.74, 6) is -0.649. The molecule has 1 saturated heterocycles. The zero-order chi connectivity index (χ0) is 14.0. The van der Waals surface area contributed by atoms with Gasteiger partial charge >= 0.3 is 0 Å². The van der Waals surface area contributed by atoms with Crippen LogP contribution in [0.25, 0.3) is 0 Å². The van der Waals surface area contributed by atoms with Gasteiger partial charge in [0.05, 0.1) is 0 Å². The van der Waals surface area contributed by atoms with E-state index in [9.17, 15) is 15.0 Å². The lowest BCUT2D eigenvalue weighted by Crippen LogP contribution is -2.53. The van der Waals surface area contributed by atoms with Crippen molar-refractivity contribution >= 4 is 5.91 Å². The van der Waals surface area contributed by atoms with Crippen molar-refractivity contribution < 1.29 is 15.0 Å². The fourth-order valence-electron chi connectivity index (χ4n) is 2.56. The van der Waals surface area contributed by atoms with E-state index in [4.69, 9.17) is 0 Å². The number of phenolic OH excluding ortho intramolecular Hbond substituents is 2. The molecule has 1 fully saturated rings. The van der Waals surface area contributed by atoms with Gasteiger partial charge in [0.2, 0.25) is 0 Å². The smallest absolute Gasteiger partial charge is 0.261 e. The zero-order valence-corrected chi connectivity index (χ0v) is 11.3. The predicted octanol–water partition coefficient (Wildman–Crippen LogP) is 1.26. The van der Waals surface area contributed by atoms with Crippen molar-refractivity contribution in [3.8, 4) is 11.5 Å². The number of phenols is 2. The van der Waals surface area contributed by atoms with E-state index < -0.39 is 0 Å². The number of carbonyl (C=O) groups is 1. The normalized spacial score (nSPS) is 20.5. The lowest BCUT2D eigenvalue weighted by atomic mass is 10.1. The number of rotatable bonds is 2. The summed E-state index contributed by atoms with van der Waals surface area (Å²) in [5, 5.41) is 19.5. The maximum atomic E-state index is 12.4. The average Bonchev–Trinajstić information content (AvgIpc) is 2.38. The van der Waals surface area contributed by atoms with Gasteiger partial charge in [0.1, 0.15) is 17.1 Å². The van der Waals surface area contributed by atoms with Crippen LogP contribution >= 0.6 is 0 Å². The third-order valence-corrected chi connectivity index (χ3v) is 3.69. The molecule has 1 atom stereocenters. The molecule has 19 heavy (non-hydrogen) atoms. The Morgan fingerprint density at radius 2 is 1.95 bits per heavy atom. The maximum Gasteiger partial charge on any atom is 0.261 e. The van der Waals surface area contributed by atoms with Gasteiger partial charge in [-0.1, -0.05) is 13.0 Å². The topological polar surface area (TPSA) is 64.0 Å². The van der Waals surface area contributed by atoms with Crippen molar-refractivity contribution in [1.29, 1.82) is 0 Å². The standard InChI is InChI=1S/C14H20N2O3/c1-3-15-7-8-16(9-10(15)2)14(19)13-11(17)5-4-6-12(13)18/h4-6,10,17-18H,3,7-9H2,1-2H3. The van der Waals surface area contributed by atoms with Crippen LogP contribution < -0.4 is 0 Å². The molecule has 1 aromatic rings. The zero-order valence-electron chi connectivity index (χ0n) is 11.3. The number of nitrogens with zero attached hydrogens (tertiary/aromatic N) is 2. The Morgan fingerprint density at radius 1 is 1.32 bits per heavy atom. The summed E-state index contributed by atoms with van der Waals surface area (Å²) in [7, 11) is 0. The van der Waals surface area contributed by atoms with Gasteiger partial charge < -0.3 is 15.1 Å². The highest BCUT2D eigenvalue weighted by Crippen LogP contribution is 2.28. The van der Waals surface area contributed by atoms with Crippen LogP contribution in [0.2, 0.25) is 0 Å².